The summed E-state index contributed by atoms with van der Waals surface area (Å²) in [7, 11) is 1.86. The molecule has 26 heavy (non-hydrogen) atoms. The summed E-state index contributed by atoms with van der Waals surface area (Å²) in [5.41, 5.74) is 2.79. The van der Waals surface area contributed by atoms with E-state index in [1.165, 1.54) is 5.56 Å². The van der Waals surface area contributed by atoms with E-state index in [1.54, 1.807) is 10.9 Å². The number of aromatic nitrogens is 3. The van der Waals surface area contributed by atoms with Crippen LogP contribution in [0.4, 0.5) is 0 Å². The minimum absolute atomic E-state index is 0.0599. The van der Waals surface area contributed by atoms with Gasteiger partial charge in [0.2, 0.25) is 0 Å². The van der Waals surface area contributed by atoms with Crippen LogP contribution in [-0.2, 0) is 19.0 Å². The van der Waals surface area contributed by atoms with E-state index in [9.17, 15) is 4.79 Å². The highest BCUT2D eigenvalue weighted by molar-refractivity contribution is 5.92. The summed E-state index contributed by atoms with van der Waals surface area (Å²) in [6, 6.07) is 6.02. The number of carbonyl (C=O) groups excluding carboxylic acids is 1. The van der Waals surface area contributed by atoms with Crippen molar-refractivity contribution in [2.45, 2.75) is 39.2 Å². The maximum atomic E-state index is 13.0. The highest BCUT2D eigenvalue weighted by Gasteiger charge is 2.26. The number of nitrogens with zero attached hydrogens (tertiary/aromatic N) is 5. The Labute approximate surface area is 155 Å². The third-order valence-corrected chi connectivity index (χ3v) is 4.87. The molecule has 0 saturated carbocycles. The lowest BCUT2D eigenvalue weighted by molar-refractivity contribution is 0.0750. The number of hydrogen-bond acceptors (Lipinski definition) is 4. The van der Waals surface area contributed by atoms with E-state index in [0.717, 1.165) is 44.8 Å². The fourth-order valence-corrected chi connectivity index (χ4v) is 3.28. The zero-order valence-electron chi connectivity index (χ0n) is 16.3. The summed E-state index contributed by atoms with van der Waals surface area (Å²) in [6.45, 7) is 10.6. The van der Waals surface area contributed by atoms with Gasteiger partial charge in [-0.2, -0.15) is 5.10 Å². The standard InChI is InChI=1S/C20H29N5O/c1-20(2,3)18-13-17(23(4)22-18)19(26)25-10-6-9-24(11-12-25)15-16-7-5-8-21-14-16/h5,7-8,13-14H,6,9-12,15H2,1-4H3. The summed E-state index contributed by atoms with van der Waals surface area (Å²) in [4.78, 5) is 21.6. The average molecular weight is 355 g/mol. The van der Waals surface area contributed by atoms with E-state index in [2.05, 4.69) is 41.8 Å². The lowest BCUT2D eigenvalue weighted by Crippen LogP contribution is -2.36. The third-order valence-electron chi connectivity index (χ3n) is 4.87. The molecule has 0 N–H and O–H groups in total. The molecule has 0 spiro atoms. The molecule has 1 saturated heterocycles. The Kier molecular flexibility index (Phi) is 5.41. The second kappa shape index (κ2) is 7.58. The Morgan fingerprint density at radius 3 is 2.65 bits per heavy atom. The molecule has 0 radical (unpaired) electrons. The molecule has 1 fully saturated rings. The molecule has 3 heterocycles. The van der Waals surface area contributed by atoms with Gasteiger partial charge in [0.05, 0.1) is 5.69 Å². The molecule has 1 aliphatic rings. The van der Waals surface area contributed by atoms with Gasteiger partial charge in [0.15, 0.2) is 0 Å². The number of pyridine rings is 1. The van der Waals surface area contributed by atoms with Gasteiger partial charge < -0.3 is 4.90 Å². The largest absolute Gasteiger partial charge is 0.336 e. The smallest absolute Gasteiger partial charge is 0.272 e. The molecule has 2 aromatic heterocycles. The highest BCUT2D eigenvalue weighted by Crippen LogP contribution is 2.22. The second-order valence-electron chi connectivity index (χ2n) is 8.07. The van der Waals surface area contributed by atoms with Crippen LogP contribution in [0.15, 0.2) is 30.6 Å². The van der Waals surface area contributed by atoms with E-state index < -0.39 is 0 Å². The summed E-state index contributed by atoms with van der Waals surface area (Å²) in [5.74, 6) is 0.0822. The van der Waals surface area contributed by atoms with Gasteiger partial charge in [0.1, 0.15) is 5.69 Å². The number of hydrogen-bond donors (Lipinski definition) is 0. The first-order valence-electron chi connectivity index (χ1n) is 9.29. The van der Waals surface area contributed by atoms with Crippen molar-refractivity contribution in [3.8, 4) is 0 Å². The zero-order valence-corrected chi connectivity index (χ0v) is 16.3. The minimum Gasteiger partial charge on any atom is -0.336 e. The monoisotopic (exact) mass is 355 g/mol. The van der Waals surface area contributed by atoms with E-state index in [-0.39, 0.29) is 11.3 Å². The predicted octanol–water partition coefficient (Wildman–Crippen LogP) is 2.46. The van der Waals surface area contributed by atoms with Gasteiger partial charge in [-0.3, -0.25) is 19.4 Å². The minimum atomic E-state index is -0.0599. The van der Waals surface area contributed by atoms with Gasteiger partial charge in [0.25, 0.3) is 5.91 Å². The van der Waals surface area contributed by atoms with E-state index in [4.69, 9.17) is 0 Å². The fourth-order valence-electron chi connectivity index (χ4n) is 3.28. The van der Waals surface area contributed by atoms with Crippen LogP contribution in [0.25, 0.3) is 0 Å². The maximum absolute atomic E-state index is 13.0. The first-order chi connectivity index (χ1) is 12.3. The Balaban J connectivity index is 1.65. The summed E-state index contributed by atoms with van der Waals surface area (Å²) < 4.78 is 1.72. The van der Waals surface area contributed by atoms with E-state index >= 15 is 0 Å². The molecule has 0 aliphatic carbocycles. The molecule has 6 heteroatoms. The lowest BCUT2D eigenvalue weighted by atomic mass is 9.92. The molecular weight excluding hydrogens is 326 g/mol. The van der Waals surface area contributed by atoms with Crippen LogP contribution in [-0.4, -0.2) is 56.7 Å². The third kappa shape index (κ3) is 4.30. The van der Waals surface area contributed by atoms with Crippen LogP contribution < -0.4 is 0 Å². The molecule has 6 nitrogen and oxygen atoms in total. The summed E-state index contributed by atoms with van der Waals surface area (Å²) in [6.07, 6.45) is 4.69. The van der Waals surface area contributed by atoms with Crippen LogP contribution in [0.2, 0.25) is 0 Å². The van der Waals surface area contributed by atoms with Crippen LogP contribution in [0, 0.1) is 0 Å². The molecule has 0 atom stereocenters. The van der Waals surface area contributed by atoms with Crippen molar-refractivity contribution >= 4 is 5.91 Å². The zero-order chi connectivity index (χ0) is 18.7. The first kappa shape index (κ1) is 18.6. The van der Waals surface area contributed by atoms with Crippen LogP contribution in [0.5, 0.6) is 0 Å². The number of rotatable bonds is 3. The molecule has 1 aliphatic heterocycles. The van der Waals surface area contributed by atoms with Gasteiger partial charge in [-0.15, -0.1) is 0 Å². The molecule has 0 bridgehead atoms. The van der Waals surface area contributed by atoms with Crippen LogP contribution in [0.1, 0.15) is 48.9 Å². The molecule has 2 aromatic rings. The van der Waals surface area contributed by atoms with Crippen molar-refractivity contribution in [3.63, 3.8) is 0 Å². The van der Waals surface area contributed by atoms with Gasteiger partial charge in [-0.25, -0.2) is 0 Å². The van der Waals surface area contributed by atoms with Crippen LogP contribution in [0.3, 0.4) is 0 Å². The summed E-state index contributed by atoms with van der Waals surface area (Å²) >= 11 is 0. The van der Waals surface area contributed by atoms with Gasteiger partial charge >= 0.3 is 0 Å². The lowest BCUT2D eigenvalue weighted by Gasteiger charge is -2.22. The maximum Gasteiger partial charge on any atom is 0.272 e. The van der Waals surface area contributed by atoms with Gasteiger partial charge in [0, 0.05) is 57.6 Å². The van der Waals surface area contributed by atoms with Crippen LogP contribution >= 0.6 is 0 Å². The quantitative estimate of drug-likeness (QED) is 0.849. The predicted molar refractivity (Wildman–Crippen MR) is 102 cm³/mol. The van der Waals surface area contributed by atoms with Gasteiger partial charge in [-0.1, -0.05) is 26.8 Å². The Hall–Kier alpha value is -2.21. The number of aryl methyl sites for hydroxylation is 1. The Morgan fingerprint density at radius 2 is 2.00 bits per heavy atom. The molecule has 140 valence electrons. The van der Waals surface area contributed by atoms with Crippen molar-refractivity contribution in [3.05, 3.63) is 47.5 Å². The molecule has 3 rings (SSSR count). The Morgan fingerprint density at radius 1 is 1.19 bits per heavy atom. The van der Waals surface area contributed by atoms with E-state index in [1.807, 2.05) is 30.3 Å². The fraction of sp³-hybridized carbons (Fsp3) is 0.550. The van der Waals surface area contributed by atoms with Crippen molar-refractivity contribution < 1.29 is 4.79 Å². The summed E-state index contributed by atoms with van der Waals surface area (Å²) in [5, 5.41) is 4.54. The molecule has 0 unspecified atom stereocenters. The SMILES string of the molecule is Cn1nc(C(C)(C)C)cc1C(=O)N1CCCN(Cc2cccnc2)CC1. The van der Waals surface area contributed by atoms with Crippen molar-refractivity contribution in [2.75, 3.05) is 26.2 Å². The molecule has 0 aromatic carbocycles. The van der Waals surface area contributed by atoms with Crippen molar-refractivity contribution in [1.29, 1.82) is 0 Å². The second-order valence-corrected chi connectivity index (χ2v) is 8.07. The van der Waals surface area contributed by atoms with E-state index in [0.29, 0.717) is 5.69 Å². The highest BCUT2D eigenvalue weighted by atomic mass is 16.2. The van der Waals surface area contributed by atoms with Crippen molar-refractivity contribution in [1.82, 2.24) is 24.6 Å². The molecular formula is C20H29N5O. The first-order valence-corrected chi connectivity index (χ1v) is 9.29. The number of amides is 1. The number of carbonyl (C=O) groups is 1. The van der Waals surface area contributed by atoms with Crippen molar-refractivity contribution in [2.24, 2.45) is 7.05 Å². The molecule has 1 amide bonds. The van der Waals surface area contributed by atoms with Gasteiger partial charge in [-0.05, 0) is 24.1 Å². The normalized spacial score (nSPS) is 16.5. The topological polar surface area (TPSA) is 54.3 Å². The average Bonchev–Trinajstić information content (AvgIpc) is 2.85. The Bertz CT molecular complexity index is 747.